The molecule has 21 heavy (non-hydrogen) atoms. The van der Waals surface area contributed by atoms with Crippen molar-refractivity contribution in [1.29, 1.82) is 0 Å². The molecule has 0 aliphatic heterocycles. The van der Waals surface area contributed by atoms with Crippen LogP contribution in [-0.4, -0.2) is 13.7 Å². The number of hydrogen-bond acceptors (Lipinski definition) is 3. The van der Waals surface area contributed by atoms with Gasteiger partial charge in [-0.15, -0.1) is 0 Å². The standard InChI is InChI=1S/C18H23NO2/c1-4-11-19-13-15-9-10-16(12-14(15)2)21-18-8-6-5-7-17(18)20-3/h5-10,12,19H,4,11,13H2,1-3H3. The number of methoxy groups -OCH3 is 1. The second kappa shape index (κ2) is 7.70. The third kappa shape index (κ3) is 4.23. The van der Waals surface area contributed by atoms with Crippen molar-refractivity contribution in [3.8, 4) is 17.2 Å². The molecule has 0 saturated carbocycles. The molecule has 1 N–H and O–H groups in total. The van der Waals surface area contributed by atoms with Crippen molar-refractivity contribution in [1.82, 2.24) is 5.32 Å². The number of ether oxygens (including phenoxy) is 2. The molecule has 0 atom stereocenters. The van der Waals surface area contributed by atoms with Crippen LogP contribution >= 0.6 is 0 Å². The molecule has 0 aromatic heterocycles. The molecule has 0 heterocycles. The largest absolute Gasteiger partial charge is 0.493 e. The van der Waals surface area contributed by atoms with Gasteiger partial charge in [0.15, 0.2) is 11.5 Å². The smallest absolute Gasteiger partial charge is 0.169 e. The van der Waals surface area contributed by atoms with E-state index in [1.165, 1.54) is 11.1 Å². The maximum absolute atomic E-state index is 5.92. The van der Waals surface area contributed by atoms with Gasteiger partial charge in [-0.3, -0.25) is 0 Å². The summed E-state index contributed by atoms with van der Waals surface area (Å²) >= 11 is 0. The maximum Gasteiger partial charge on any atom is 0.169 e. The molecule has 3 nitrogen and oxygen atoms in total. The van der Waals surface area contributed by atoms with Crippen molar-refractivity contribution in [2.45, 2.75) is 26.8 Å². The molecule has 0 fully saturated rings. The zero-order chi connectivity index (χ0) is 15.1. The number of hydrogen-bond donors (Lipinski definition) is 1. The second-order valence-corrected chi connectivity index (χ2v) is 5.02. The fourth-order valence-electron chi connectivity index (χ4n) is 2.16. The normalized spacial score (nSPS) is 10.4. The van der Waals surface area contributed by atoms with Crippen LogP contribution < -0.4 is 14.8 Å². The summed E-state index contributed by atoms with van der Waals surface area (Å²) in [6.07, 6.45) is 1.15. The van der Waals surface area contributed by atoms with E-state index in [2.05, 4.69) is 31.3 Å². The van der Waals surface area contributed by atoms with Crippen molar-refractivity contribution in [2.24, 2.45) is 0 Å². The summed E-state index contributed by atoms with van der Waals surface area (Å²) in [4.78, 5) is 0. The Morgan fingerprint density at radius 3 is 2.48 bits per heavy atom. The predicted molar refractivity (Wildman–Crippen MR) is 86.2 cm³/mol. The minimum absolute atomic E-state index is 0.733. The zero-order valence-corrected chi connectivity index (χ0v) is 13.0. The first kappa shape index (κ1) is 15.4. The molecular weight excluding hydrogens is 262 g/mol. The molecule has 0 spiro atoms. The van der Waals surface area contributed by atoms with Crippen molar-refractivity contribution in [3.63, 3.8) is 0 Å². The lowest BCUT2D eigenvalue weighted by Crippen LogP contribution is -2.14. The van der Waals surface area contributed by atoms with Gasteiger partial charge in [-0.1, -0.05) is 25.1 Å². The summed E-state index contributed by atoms with van der Waals surface area (Å²) < 4.78 is 11.2. The molecule has 2 rings (SSSR count). The summed E-state index contributed by atoms with van der Waals surface area (Å²) in [6, 6.07) is 13.9. The Balaban J connectivity index is 2.09. The molecule has 0 aliphatic carbocycles. The van der Waals surface area contributed by atoms with E-state index in [-0.39, 0.29) is 0 Å². The van der Waals surface area contributed by atoms with E-state index in [4.69, 9.17) is 9.47 Å². The SMILES string of the molecule is CCCNCc1ccc(Oc2ccccc2OC)cc1C. The molecule has 0 aliphatic rings. The number of nitrogens with one attached hydrogen (secondary N) is 1. The van der Waals surface area contributed by atoms with E-state index in [1.807, 2.05) is 30.3 Å². The Morgan fingerprint density at radius 1 is 1.05 bits per heavy atom. The Hall–Kier alpha value is -2.00. The van der Waals surface area contributed by atoms with Gasteiger partial charge in [0.1, 0.15) is 5.75 Å². The van der Waals surface area contributed by atoms with Crippen molar-refractivity contribution >= 4 is 0 Å². The molecule has 0 saturated heterocycles. The van der Waals surface area contributed by atoms with Crippen LogP contribution in [0.15, 0.2) is 42.5 Å². The average Bonchev–Trinajstić information content (AvgIpc) is 2.50. The van der Waals surface area contributed by atoms with Crippen LogP contribution in [0.3, 0.4) is 0 Å². The van der Waals surface area contributed by atoms with Crippen molar-refractivity contribution in [2.75, 3.05) is 13.7 Å². The molecule has 0 unspecified atom stereocenters. The summed E-state index contributed by atoms with van der Waals surface area (Å²) in [7, 11) is 1.65. The van der Waals surface area contributed by atoms with Gasteiger partial charge in [0.2, 0.25) is 0 Å². The van der Waals surface area contributed by atoms with Crippen LogP contribution in [0, 0.1) is 6.92 Å². The third-order valence-corrected chi connectivity index (χ3v) is 3.35. The quantitative estimate of drug-likeness (QED) is 0.770. The van der Waals surface area contributed by atoms with Gasteiger partial charge >= 0.3 is 0 Å². The Bertz CT molecular complexity index is 581. The first-order valence-corrected chi connectivity index (χ1v) is 7.35. The summed E-state index contributed by atoms with van der Waals surface area (Å²) in [6.45, 7) is 6.22. The molecule has 3 heteroatoms. The highest BCUT2D eigenvalue weighted by Gasteiger charge is 2.06. The lowest BCUT2D eigenvalue weighted by molar-refractivity contribution is 0.378. The van der Waals surface area contributed by atoms with Crippen LogP contribution in [0.5, 0.6) is 17.2 Å². The van der Waals surface area contributed by atoms with Gasteiger partial charge < -0.3 is 14.8 Å². The summed E-state index contributed by atoms with van der Waals surface area (Å²) in [5.74, 6) is 2.30. The highest BCUT2D eigenvalue weighted by atomic mass is 16.5. The lowest BCUT2D eigenvalue weighted by Gasteiger charge is -2.12. The Morgan fingerprint density at radius 2 is 1.81 bits per heavy atom. The van der Waals surface area contributed by atoms with Gasteiger partial charge in [-0.2, -0.15) is 0 Å². The van der Waals surface area contributed by atoms with E-state index < -0.39 is 0 Å². The van der Waals surface area contributed by atoms with Crippen LogP contribution in [0.1, 0.15) is 24.5 Å². The molecule has 112 valence electrons. The maximum atomic E-state index is 5.92. The van der Waals surface area contributed by atoms with Gasteiger partial charge in [-0.05, 0) is 55.3 Å². The van der Waals surface area contributed by atoms with Gasteiger partial charge in [-0.25, -0.2) is 0 Å². The zero-order valence-electron chi connectivity index (χ0n) is 13.0. The molecule has 2 aromatic carbocycles. The van der Waals surface area contributed by atoms with Gasteiger partial charge in [0.25, 0.3) is 0 Å². The van der Waals surface area contributed by atoms with Crippen LogP contribution in [0.4, 0.5) is 0 Å². The fraction of sp³-hybridized carbons (Fsp3) is 0.333. The summed E-state index contributed by atoms with van der Waals surface area (Å²) in [5.41, 5.74) is 2.53. The average molecular weight is 285 g/mol. The van der Waals surface area contributed by atoms with Crippen LogP contribution in [0.2, 0.25) is 0 Å². The number of benzene rings is 2. The minimum Gasteiger partial charge on any atom is -0.493 e. The van der Waals surface area contributed by atoms with E-state index in [0.717, 1.165) is 36.8 Å². The molecule has 0 radical (unpaired) electrons. The van der Waals surface area contributed by atoms with Gasteiger partial charge in [0, 0.05) is 6.54 Å². The molecule has 0 bridgehead atoms. The highest BCUT2D eigenvalue weighted by molar-refractivity contribution is 5.44. The van der Waals surface area contributed by atoms with E-state index in [0.29, 0.717) is 0 Å². The first-order valence-electron chi connectivity index (χ1n) is 7.35. The summed E-state index contributed by atoms with van der Waals surface area (Å²) in [5, 5.41) is 3.42. The number of aryl methyl sites for hydroxylation is 1. The predicted octanol–water partition coefficient (Wildman–Crippen LogP) is 4.30. The van der Waals surface area contributed by atoms with Gasteiger partial charge in [0.05, 0.1) is 7.11 Å². The van der Waals surface area contributed by atoms with Crippen LogP contribution in [0.25, 0.3) is 0 Å². The number of rotatable bonds is 7. The Kier molecular flexibility index (Phi) is 5.64. The van der Waals surface area contributed by atoms with Crippen molar-refractivity contribution in [3.05, 3.63) is 53.6 Å². The van der Waals surface area contributed by atoms with E-state index >= 15 is 0 Å². The number of para-hydroxylation sites is 2. The third-order valence-electron chi connectivity index (χ3n) is 3.35. The van der Waals surface area contributed by atoms with E-state index in [9.17, 15) is 0 Å². The van der Waals surface area contributed by atoms with Crippen molar-refractivity contribution < 1.29 is 9.47 Å². The second-order valence-electron chi connectivity index (χ2n) is 5.02. The molecular formula is C18H23NO2. The Labute approximate surface area is 126 Å². The molecule has 0 amide bonds. The monoisotopic (exact) mass is 285 g/mol. The molecule has 2 aromatic rings. The first-order chi connectivity index (χ1) is 10.2. The lowest BCUT2D eigenvalue weighted by atomic mass is 10.1. The van der Waals surface area contributed by atoms with E-state index in [1.54, 1.807) is 7.11 Å². The fourth-order valence-corrected chi connectivity index (χ4v) is 2.16. The minimum atomic E-state index is 0.733. The topological polar surface area (TPSA) is 30.5 Å². The highest BCUT2D eigenvalue weighted by Crippen LogP contribution is 2.31. The van der Waals surface area contributed by atoms with Crippen LogP contribution in [-0.2, 0) is 6.54 Å².